The van der Waals surface area contributed by atoms with Gasteiger partial charge in [-0.2, -0.15) is 0 Å². The zero-order valence-electron chi connectivity index (χ0n) is 12.9. The largest absolute Gasteiger partial charge is 0.360 e. The molecule has 1 aliphatic rings. The highest BCUT2D eigenvalue weighted by Crippen LogP contribution is 2.24. The number of rotatable bonds is 2. The minimum absolute atomic E-state index is 0.394. The Morgan fingerprint density at radius 3 is 2.71 bits per heavy atom. The van der Waals surface area contributed by atoms with Crippen LogP contribution in [0, 0.1) is 0 Å². The van der Waals surface area contributed by atoms with Crippen molar-refractivity contribution >= 4 is 34.2 Å². The number of nitrogens with one attached hydrogen (secondary N) is 1. The van der Waals surface area contributed by atoms with E-state index in [1.54, 1.807) is 29.3 Å². The molecule has 120 valence electrons. The number of carbonyl (C=O) groups excluding carboxylic acids is 2. The van der Waals surface area contributed by atoms with Gasteiger partial charge in [0.25, 0.3) is 11.7 Å². The second-order valence-corrected chi connectivity index (χ2v) is 6.40. The van der Waals surface area contributed by atoms with E-state index in [0.717, 1.165) is 22.9 Å². The molecule has 0 aliphatic carbocycles. The van der Waals surface area contributed by atoms with E-state index in [2.05, 4.69) is 11.1 Å². The summed E-state index contributed by atoms with van der Waals surface area (Å²) in [5.41, 5.74) is 3.50. The molecule has 0 saturated heterocycles. The summed E-state index contributed by atoms with van der Waals surface area (Å²) in [6, 6.07) is 13.3. The Balaban J connectivity index is 1.61. The van der Waals surface area contributed by atoms with Crippen molar-refractivity contribution in [3.8, 4) is 0 Å². The quantitative estimate of drug-likeness (QED) is 0.573. The number of aromatic nitrogens is 1. The van der Waals surface area contributed by atoms with Crippen molar-refractivity contribution in [2.45, 2.75) is 13.0 Å². The van der Waals surface area contributed by atoms with Crippen LogP contribution in [0.3, 0.4) is 0 Å². The highest BCUT2D eigenvalue weighted by Gasteiger charge is 2.28. The minimum Gasteiger partial charge on any atom is -0.360 e. The van der Waals surface area contributed by atoms with Gasteiger partial charge in [-0.05, 0) is 29.7 Å². The molecule has 0 bridgehead atoms. The molecule has 0 radical (unpaired) electrons. The topological polar surface area (TPSA) is 53.2 Å². The highest BCUT2D eigenvalue weighted by molar-refractivity contribution is 6.45. The average molecular weight is 339 g/mol. The smallest absolute Gasteiger partial charge is 0.295 e. The lowest BCUT2D eigenvalue weighted by atomic mass is 9.99. The number of H-pyrrole nitrogens is 1. The van der Waals surface area contributed by atoms with Crippen molar-refractivity contribution < 1.29 is 9.59 Å². The number of aromatic amines is 1. The normalized spacial score (nSPS) is 13.8. The number of benzene rings is 2. The molecular weight excluding hydrogens is 324 g/mol. The Labute approximate surface area is 144 Å². The third-order valence-electron chi connectivity index (χ3n) is 4.50. The molecule has 1 aliphatic heterocycles. The van der Waals surface area contributed by atoms with Gasteiger partial charge in [-0.3, -0.25) is 9.59 Å². The average Bonchev–Trinajstić information content (AvgIpc) is 3.03. The summed E-state index contributed by atoms with van der Waals surface area (Å²) in [5, 5.41) is 1.30. The molecule has 3 aromatic rings. The third-order valence-corrected chi connectivity index (χ3v) is 4.74. The van der Waals surface area contributed by atoms with Crippen LogP contribution >= 0.6 is 11.6 Å². The van der Waals surface area contributed by atoms with Crippen molar-refractivity contribution in [1.82, 2.24) is 9.88 Å². The van der Waals surface area contributed by atoms with Gasteiger partial charge in [0.05, 0.1) is 5.56 Å². The second kappa shape index (κ2) is 5.80. The molecular formula is C19H15ClN2O2. The maximum Gasteiger partial charge on any atom is 0.295 e. The number of hydrogen-bond donors (Lipinski definition) is 1. The predicted molar refractivity (Wildman–Crippen MR) is 93.2 cm³/mol. The molecule has 4 nitrogen and oxygen atoms in total. The van der Waals surface area contributed by atoms with Crippen molar-refractivity contribution in [3.05, 3.63) is 70.4 Å². The van der Waals surface area contributed by atoms with Gasteiger partial charge in [0.2, 0.25) is 0 Å². The van der Waals surface area contributed by atoms with Crippen LogP contribution in [0.25, 0.3) is 10.9 Å². The van der Waals surface area contributed by atoms with Crippen LogP contribution in [0.15, 0.2) is 48.7 Å². The summed E-state index contributed by atoms with van der Waals surface area (Å²) in [6.45, 7) is 1.05. The fraction of sp³-hybridized carbons (Fsp3) is 0.158. The first-order valence-electron chi connectivity index (χ1n) is 7.80. The van der Waals surface area contributed by atoms with E-state index in [1.165, 1.54) is 5.56 Å². The van der Waals surface area contributed by atoms with Gasteiger partial charge in [-0.1, -0.05) is 41.9 Å². The molecule has 0 fully saturated rings. The Morgan fingerprint density at radius 2 is 1.88 bits per heavy atom. The number of hydrogen-bond acceptors (Lipinski definition) is 2. The Hall–Kier alpha value is -2.59. The minimum atomic E-state index is -0.483. The van der Waals surface area contributed by atoms with Crippen LogP contribution in [0.5, 0.6) is 0 Å². The van der Waals surface area contributed by atoms with Gasteiger partial charge in [-0.15, -0.1) is 0 Å². The monoisotopic (exact) mass is 338 g/mol. The molecule has 2 heterocycles. The predicted octanol–water partition coefficient (Wildman–Crippen LogP) is 3.59. The maximum absolute atomic E-state index is 12.7. The first kappa shape index (κ1) is 15.0. The summed E-state index contributed by atoms with van der Waals surface area (Å²) in [4.78, 5) is 30.0. The number of carbonyl (C=O) groups is 2. The van der Waals surface area contributed by atoms with Crippen LogP contribution in [0.2, 0.25) is 5.02 Å². The molecule has 4 rings (SSSR count). The zero-order valence-corrected chi connectivity index (χ0v) is 13.6. The van der Waals surface area contributed by atoms with Crippen LogP contribution in [0.1, 0.15) is 21.5 Å². The Morgan fingerprint density at radius 1 is 1.08 bits per heavy atom. The summed E-state index contributed by atoms with van der Waals surface area (Å²) < 4.78 is 0. The molecule has 0 atom stereocenters. The number of fused-ring (bicyclic) bond motifs is 2. The van der Waals surface area contributed by atoms with E-state index in [-0.39, 0.29) is 0 Å². The van der Waals surface area contributed by atoms with Crippen LogP contribution < -0.4 is 0 Å². The molecule has 24 heavy (non-hydrogen) atoms. The molecule has 1 aromatic heterocycles. The Bertz CT molecular complexity index is 961. The maximum atomic E-state index is 12.7. The molecule has 0 unspecified atom stereocenters. The van der Waals surface area contributed by atoms with E-state index < -0.39 is 11.7 Å². The Kier molecular flexibility index (Phi) is 3.62. The van der Waals surface area contributed by atoms with E-state index in [4.69, 9.17) is 11.6 Å². The molecule has 2 aromatic carbocycles. The molecule has 0 spiro atoms. The highest BCUT2D eigenvalue weighted by atomic mass is 35.5. The number of ketones is 1. The zero-order chi connectivity index (χ0) is 16.7. The van der Waals surface area contributed by atoms with Crippen molar-refractivity contribution in [2.24, 2.45) is 0 Å². The number of halogens is 1. The lowest BCUT2D eigenvalue weighted by Gasteiger charge is -2.28. The van der Waals surface area contributed by atoms with Crippen LogP contribution in [-0.4, -0.2) is 28.1 Å². The van der Waals surface area contributed by atoms with Crippen molar-refractivity contribution in [2.75, 3.05) is 6.54 Å². The summed E-state index contributed by atoms with van der Waals surface area (Å²) in [6.07, 6.45) is 2.36. The van der Waals surface area contributed by atoms with Crippen LogP contribution in [-0.2, 0) is 17.8 Å². The van der Waals surface area contributed by atoms with Crippen LogP contribution in [0.4, 0.5) is 0 Å². The van der Waals surface area contributed by atoms with Gasteiger partial charge in [0.1, 0.15) is 0 Å². The molecule has 1 amide bonds. The summed E-state index contributed by atoms with van der Waals surface area (Å²) in [7, 11) is 0. The first-order valence-corrected chi connectivity index (χ1v) is 8.18. The summed E-state index contributed by atoms with van der Waals surface area (Å²) in [5.74, 6) is -0.941. The van der Waals surface area contributed by atoms with Gasteiger partial charge < -0.3 is 9.88 Å². The van der Waals surface area contributed by atoms with E-state index >= 15 is 0 Å². The number of nitrogens with zero attached hydrogens (tertiary/aromatic N) is 1. The second-order valence-electron chi connectivity index (χ2n) is 5.97. The fourth-order valence-corrected chi connectivity index (χ4v) is 3.39. The first-order chi connectivity index (χ1) is 11.6. The van der Waals surface area contributed by atoms with Crippen molar-refractivity contribution in [1.29, 1.82) is 0 Å². The number of amides is 1. The molecule has 0 saturated carbocycles. The van der Waals surface area contributed by atoms with Gasteiger partial charge >= 0.3 is 0 Å². The van der Waals surface area contributed by atoms with Gasteiger partial charge in [-0.25, -0.2) is 0 Å². The number of Topliss-reactive ketones (excluding diaryl/α,β-unsaturated/α-hetero) is 1. The summed E-state index contributed by atoms with van der Waals surface area (Å²) >= 11 is 5.96. The van der Waals surface area contributed by atoms with Crippen molar-refractivity contribution in [3.63, 3.8) is 0 Å². The fourth-order valence-electron chi connectivity index (χ4n) is 3.21. The van der Waals surface area contributed by atoms with E-state index in [9.17, 15) is 9.59 Å². The molecule has 1 N–H and O–H groups in total. The lowest BCUT2D eigenvalue weighted by Crippen LogP contribution is -2.40. The van der Waals surface area contributed by atoms with E-state index in [0.29, 0.717) is 23.7 Å². The molecule has 5 heteroatoms. The van der Waals surface area contributed by atoms with Gasteiger partial charge in [0, 0.05) is 35.2 Å². The SMILES string of the molecule is O=C(C(=O)N1CCc2ccccc2C1)c1c[nH]c2cc(Cl)ccc12. The lowest BCUT2D eigenvalue weighted by molar-refractivity contribution is -0.127. The van der Waals surface area contributed by atoms with Gasteiger partial charge in [0.15, 0.2) is 0 Å². The third kappa shape index (κ3) is 2.49. The van der Waals surface area contributed by atoms with E-state index in [1.807, 2.05) is 18.2 Å². The standard InChI is InChI=1S/C19H15ClN2O2/c20-14-5-6-15-16(10-21-17(15)9-14)18(23)19(24)22-8-7-12-3-1-2-4-13(12)11-22/h1-6,9-10,21H,7-8,11H2.